The van der Waals surface area contributed by atoms with Crippen LogP contribution in [0.2, 0.25) is 0 Å². The Kier molecular flexibility index (Phi) is 2.84. The van der Waals surface area contributed by atoms with Crippen molar-refractivity contribution in [3.63, 3.8) is 0 Å². The van der Waals surface area contributed by atoms with Crippen LogP contribution in [-0.2, 0) is 4.74 Å². The largest absolute Gasteiger partial charge is 0.394 e. The van der Waals surface area contributed by atoms with Gasteiger partial charge in [-0.15, -0.1) is 0 Å². The molecule has 0 aromatic carbocycles. The molecule has 4 atom stereocenters. The van der Waals surface area contributed by atoms with E-state index in [9.17, 15) is 5.11 Å². The monoisotopic (exact) mass is 161 g/mol. The molecule has 1 saturated heterocycles. The van der Waals surface area contributed by atoms with Gasteiger partial charge in [0.2, 0.25) is 0 Å². The first kappa shape index (κ1) is 8.93. The molecule has 66 valence electrons. The summed E-state index contributed by atoms with van der Waals surface area (Å²) in [6.07, 6.45) is -0.534. The standard InChI is InChI=1S/C7H15NO3/c1-4-7(8)6(10)2-5(3-9)11-4/h4-7,9-10H,2-3,8H2,1H3. The van der Waals surface area contributed by atoms with Gasteiger partial charge in [-0.2, -0.15) is 0 Å². The van der Waals surface area contributed by atoms with Gasteiger partial charge in [0.15, 0.2) is 0 Å². The maximum atomic E-state index is 9.33. The van der Waals surface area contributed by atoms with Crippen molar-refractivity contribution in [1.82, 2.24) is 0 Å². The Bertz CT molecular complexity index is 119. The zero-order chi connectivity index (χ0) is 8.43. The molecular formula is C7H15NO3. The minimum absolute atomic E-state index is 0.0475. The Morgan fingerprint density at radius 3 is 2.73 bits per heavy atom. The molecule has 0 spiro atoms. The van der Waals surface area contributed by atoms with Crippen LogP contribution in [0.4, 0.5) is 0 Å². The molecule has 0 radical (unpaired) electrons. The number of rotatable bonds is 1. The third-order valence-corrected chi connectivity index (χ3v) is 2.10. The maximum Gasteiger partial charge on any atom is 0.0835 e. The van der Waals surface area contributed by atoms with E-state index < -0.39 is 6.10 Å². The molecule has 4 unspecified atom stereocenters. The lowest BCUT2D eigenvalue weighted by Crippen LogP contribution is -2.52. The third-order valence-electron chi connectivity index (χ3n) is 2.10. The topological polar surface area (TPSA) is 75.7 Å². The van der Waals surface area contributed by atoms with Crippen molar-refractivity contribution < 1.29 is 14.9 Å². The highest BCUT2D eigenvalue weighted by molar-refractivity contribution is 4.85. The quantitative estimate of drug-likeness (QED) is 0.453. The molecule has 0 bridgehead atoms. The number of nitrogens with two attached hydrogens (primary N) is 1. The second-order valence-electron chi connectivity index (χ2n) is 3.03. The lowest BCUT2D eigenvalue weighted by molar-refractivity contribution is -0.116. The Morgan fingerprint density at radius 2 is 2.27 bits per heavy atom. The van der Waals surface area contributed by atoms with E-state index in [1.807, 2.05) is 0 Å². The minimum Gasteiger partial charge on any atom is -0.394 e. The van der Waals surface area contributed by atoms with Crippen molar-refractivity contribution in [3.05, 3.63) is 0 Å². The van der Waals surface area contributed by atoms with Crippen LogP contribution < -0.4 is 5.73 Å². The van der Waals surface area contributed by atoms with Gasteiger partial charge in [0.05, 0.1) is 31.0 Å². The highest BCUT2D eigenvalue weighted by Gasteiger charge is 2.32. The van der Waals surface area contributed by atoms with Crippen molar-refractivity contribution in [2.75, 3.05) is 6.61 Å². The smallest absolute Gasteiger partial charge is 0.0835 e. The molecule has 1 aliphatic heterocycles. The predicted octanol–water partition coefficient (Wildman–Crippen LogP) is -1.16. The number of ether oxygens (including phenoxy) is 1. The first-order chi connectivity index (χ1) is 5.15. The first-order valence-corrected chi connectivity index (χ1v) is 3.85. The summed E-state index contributed by atoms with van der Waals surface area (Å²) in [5.74, 6) is 0. The van der Waals surface area contributed by atoms with E-state index in [2.05, 4.69) is 0 Å². The van der Waals surface area contributed by atoms with E-state index in [1.54, 1.807) is 6.92 Å². The SMILES string of the molecule is CC1OC(CO)CC(O)C1N. The number of hydrogen-bond donors (Lipinski definition) is 3. The van der Waals surface area contributed by atoms with E-state index >= 15 is 0 Å². The molecule has 1 rings (SSSR count). The molecule has 1 aliphatic rings. The lowest BCUT2D eigenvalue weighted by atomic mass is 9.97. The average molecular weight is 161 g/mol. The molecule has 0 aliphatic carbocycles. The van der Waals surface area contributed by atoms with Crippen LogP contribution in [0.3, 0.4) is 0 Å². The van der Waals surface area contributed by atoms with E-state index in [4.69, 9.17) is 15.6 Å². The summed E-state index contributed by atoms with van der Waals surface area (Å²) in [5, 5.41) is 18.1. The summed E-state index contributed by atoms with van der Waals surface area (Å²) >= 11 is 0. The zero-order valence-corrected chi connectivity index (χ0v) is 6.60. The van der Waals surface area contributed by atoms with E-state index in [1.165, 1.54) is 0 Å². The Balaban J connectivity index is 2.47. The lowest BCUT2D eigenvalue weighted by Gasteiger charge is -2.35. The van der Waals surface area contributed by atoms with Crippen LogP contribution in [0, 0.1) is 0 Å². The molecule has 1 heterocycles. The fourth-order valence-corrected chi connectivity index (χ4v) is 1.31. The summed E-state index contributed by atoms with van der Waals surface area (Å²) in [4.78, 5) is 0. The molecule has 0 saturated carbocycles. The Morgan fingerprint density at radius 1 is 1.64 bits per heavy atom. The van der Waals surface area contributed by atoms with Crippen molar-refractivity contribution in [3.8, 4) is 0 Å². The van der Waals surface area contributed by atoms with Crippen molar-refractivity contribution >= 4 is 0 Å². The third kappa shape index (κ3) is 1.90. The van der Waals surface area contributed by atoms with E-state index in [0.29, 0.717) is 6.42 Å². The van der Waals surface area contributed by atoms with Gasteiger partial charge in [0.1, 0.15) is 0 Å². The summed E-state index contributed by atoms with van der Waals surface area (Å²) in [6, 6.07) is -0.321. The molecule has 1 fully saturated rings. The van der Waals surface area contributed by atoms with Gasteiger partial charge in [-0.1, -0.05) is 0 Å². The van der Waals surface area contributed by atoms with Crippen molar-refractivity contribution in [2.24, 2.45) is 5.73 Å². The highest BCUT2D eigenvalue weighted by atomic mass is 16.5. The normalized spacial score (nSPS) is 45.8. The predicted molar refractivity (Wildman–Crippen MR) is 40.0 cm³/mol. The van der Waals surface area contributed by atoms with Crippen LogP contribution in [0.1, 0.15) is 13.3 Å². The van der Waals surface area contributed by atoms with Gasteiger partial charge in [-0.05, 0) is 6.92 Å². The zero-order valence-electron chi connectivity index (χ0n) is 6.60. The summed E-state index contributed by atoms with van der Waals surface area (Å²) in [6.45, 7) is 1.75. The molecule has 4 heteroatoms. The van der Waals surface area contributed by atoms with Crippen molar-refractivity contribution in [2.45, 2.75) is 37.7 Å². The van der Waals surface area contributed by atoms with Crippen LogP contribution >= 0.6 is 0 Å². The molecular weight excluding hydrogens is 146 g/mol. The average Bonchev–Trinajstić information content (AvgIpc) is 1.99. The molecule has 0 aromatic heterocycles. The summed E-state index contributed by atoms with van der Waals surface area (Å²) < 4.78 is 5.28. The van der Waals surface area contributed by atoms with Crippen LogP contribution in [0.5, 0.6) is 0 Å². The fraction of sp³-hybridized carbons (Fsp3) is 1.00. The first-order valence-electron chi connectivity index (χ1n) is 3.85. The summed E-state index contributed by atoms with van der Waals surface area (Å²) in [5.41, 5.74) is 5.58. The van der Waals surface area contributed by atoms with Gasteiger partial charge in [-0.25, -0.2) is 0 Å². The van der Waals surface area contributed by atoms with E-state index in [-0.39, 0.29) is 24.9 Å². The highest BCUT2D eigenvalue weighted by Crippen LogP contribution is 2.17. The van der Waals surface area contributed by atoms with Gasteiger partial charge in [0, 0.05) is 6.42 Å². The molecule has 4 nitrogen and oxygen atoms in total. The molecule has 11 heavy (non-hydrogen) atoms. The number of hydrogen-bond acceptors (Lipinski definition) is 4. The van der Waals surface area contributed by atoms with Gasteiger partial charge in [-0.3, -0.25) is 0 Å². The minimum atomic E-state index is -0.545. The van der Waals surface area contributed by atoms with Crippen LogP contribution in [0.25, 0.3) is 0 Å². The second kappa shape index (κ2) is 3.49. The Hall–Kier alpha value is -0.160. The second-order valence-corrected chi connectivity index (χ2v) is 3.03. The number of aliphatic hydroxyl groups is 2. The molecule has 4 N–H and O–H groups in total. The van der Waals surface area contributed by atoms with Gasteiger partial charge >= 0.3 is 0 Å². The number of aliphatic hydroxyl groups excluding tert-OH is 2. The summed E-state index contributed by atoms with van der Waals surface area (Å²) in [7, 11) is 0. The molecule has 0 aromatic rings. The van der Waals surface area contributed by atoms with Crippen LogP contribution in [0.15, 0.2) is 0 Å². The fourth-order valence-electron chi connectivity index (χ4n) is 1.31. The van der Waals surface area contributed by atoms with Gasteiger partial charge < -0.3 is 20.7 Å². The Labute approximate surface area is 66.0 Å². The molecule has 0 amide bonds. The van der Waals surface area contributed by atoms with E-state index in [0.717, 1.165) is 0 Å². The maximum absolute atomic E-state index is 9.33. The van der Waals surface area contributed by atoms with Gasteiger partial charge in [0.25, 0.3) is 0 Å². The van der Waals surface area contributed by atoms with Crippen molar-refractivity contribution in [1.29, 1.82) is 0 Å². The van der Waals surface area contributed by atoms with Crippen LogP contribution in [-0.4, -0.2) is 41.2 Å².